The molecule has 28 heavy (non-hydrogen) atoms. The van der Waals surface area contributed by atoms with E-state index in [1.54, 1.807) is 0 Å². The minimum Gasteiger partial charge on any atom is -0.388 e. The molecule has 146 valence electrons. The maximum absolute atomic E-state index is 14.6. The van der Waals surface area contributed by atoms with Crippen molar-refractivity contribution in [3.8, 4) is 11.1 Å². The third kappa shape index (κ3) is 4.57. The second kappa shape index (κ2) is 8.80. The number of aliphatic hydroxyl groups is 1. The van der Waals surface area contributed by atoms with Crippen LogP contribution >= 0.6 is 11.6 Å². The first kappa shape index (κ1) is 20.4. The molecule has 0 heterocycles. The molecule has 1 N–H and O–H groups in total. The quantitative estimate of drug-likeness (QED) is 0.487. The molecule has 0 fully saturated rings. The molecule has 3 rings (SSSR count). The van der Waals surface area contributed by atoms with Gasteiger partial charge in [0.05, 0.1) is 16.7 Å². The van der Waals surface area contributed by atoms with Crippen molar-refractivity contribution in [2.75, 3.05) is 0 Å². The Morgan fingerprint density at radius 2 is 1.43 bits per heavy atom. The summed E-state index contributed by atoms with van der Waals surface area (Å²) in [4.78, 5) is 0. The molecule has 0 aliphatic carbocycles. The van der Waals surface area contributed by atoms with Crippen LogP contribution in [0.4, 0.5) is 13.2 Å². The molecule has 0 saturated heterocycles. The van der Waals surface area contributed by atoms with E-state index in [-0.39, 0.29) is 11.4 Å². The van der Waals surface area contributed by atoms with Crippen molar-refractivity contribution in [2.24, 2.45) is 0 Å². The molecule has 0 amide bonds. The first-order valence-corrected chi connectivity index (χ1v) is 9.47. The summed E-state index contributed by atoms with van der Waals surface area (Å²) in [5.74, 6) is -2.32. The molecule has 3 aromatic rings. The fourth-order valence-electron chi connectivity index (χ4n) is 3.21. The number of hydrogen-bond acceptors (Lipinski definition) is 1. The van der Waals surface area contributed by atoms with Crippen LogP contribution in [0.2, 0.25) is 5.02 Å². The summed E-state index contributed by atoms with van der Waals surface area (Å²) >= 11 is 5.63. The van der Waals surface area contributed by atoms with Gasteiger partial charge in [0.1, 0.15) is 17.5 Å². The van der Waals surface area contributed by atoms with Crippen molar-refractivity contribution < 1.29 is 18.3 Å². The summed E-state index contributed by atoms with van der Waals surface area (Å²) in [6, 6.07) is 13.9. The Kier molecular flexibility index (Phi) is 6.42. The SMILES string of the molecule is CCCc1ccc(-c2cc(F)c(C(O)Cc3ccc(Cl)c(F)c3)c(F)c2)cc1. The Morgan fingerprint density at radius 1 is 0.821 bits per heavy atom. The van der Waals surface area contributed by atoms with Gasteiger partial charge in [0.15, 0.2) is 0 Å². The highest BCUT2D eigenvalue weighted by atomic mass is 35.5. The molecule has 0 spiro atoms. The average Bonchev–Trinajstić information content (AvgIpc) is 2.65. The van der Waals surface area contributed by atoms with E-state index in [4.69, 9.17) is 11.6 Å². The van der Waals surface area contributed by atoms with Crippen molar-refractivity contribution in [3.05, 3.63) is 93.8 Å². The van der Waals surface area contributed by atoms with Crippen molar-refractivity contribution >= 4 is 11.6 Å². The van der Waals surface area contributed by atoms with E-state index in [9.17, 15) is 18.3 Å². The Hall–Kier alpha value is -2.30. The highest BCUT2D eigenvalue weighted by Crippen LogP contribution is 2.30. The molecule has 0 aliphatic heterocycles. The lowest BCUT2D eigenvalue weighted by atomic mass is 9.96. The molecule has 1 unspecified atom stereocenters. The normalized spacial score (nSPS) is 12.2. The fraction of sp³-hybridized carbons (Fsp3) is 0.217. The predicted molar refractivity (Wildman–Crippen MR) is 106 cm³/mol. The third-order valence-corrected chi connectivity index (χ3v) is 4.96. The monoisotopic (exact) mass is 404 g/mol. The molecule has 0 bridgehead atoms. The van der Waals surface area contributed by atoms with Gasteiger partial charge in [-0.25, -0.2) is 13.2 Å². The van der Waals surface area contributed by atoms with E-state index in [0.29, 0.717) is 16.7 Å². The van der Waals surface area contributed by atoms with Crippen LogP contribution in [0.1, 0.15) is 36.1 Å². The summed E-state index contributed by atoms with van der Waals surface area (Å²) in [5, 5.41) is 10.3. The first-order valence-electron chi connectivity index (χ1n) is 9.09. The summed E-state index contributed by atoms with van der Waals surface area (Å²) in [6.45, 7) is 2.08. The van der Waals surface area contributed by atoms with Gasteiger partial charge in [-0.1, -0.05) is 55.3 Å². The number of aliphatic hydroxyl groups excluding tert-OH is 1. The zero-order valence-corrected chi connectivity index (χ0v) is 16.1. The summed E-state index contributed by atoms with van der Waals surface area (Å²) in [6.07, 6.45) is 0.389. The molecule has 5 heteroatoms. The standard InChI is InChI=1S/C23H20ClF3O/c1-2-3-14-4-7-16(8-5-14)17-12-20(26)23(21(27)13-17)22(28)11-15-6-9-18(24)19(25)10-15/h4-10,12-13,22,28H,2-3,11H2,1H3. The van der Waals surface area contributed by atoms with Crippen LogP contribution in [0.5, 0.6) is 0 Å². The van der Waals surface area contributed by atoms with Crippen LogP contribution in [0.15, 0.2) is 54.6 Å². The zero-order chi connectivity index (χ0) is 20.3. The minimum atomic E-state index is -1.44. The van der Waals surface area contributed by atoms with Gasteiger partial charge in [0.2, 0.25) is 0 Å². The Morgan fingerprint density at radius 3 is 2.00 bits per heavy atom. The average molecular weight is 405 g/mol. The van der Waals surface area contributed by atoms with Crippen LogP contribution < -0.4 is 0 Å². The summed E-state index contributed by atoms with van der Waals surface area (Å²) in [7, 11) is 0. The number of halogens is 4. The number of benzene rings is 3. The summed E-state index contributed by atoms with van der Waals surface area (Å²) in [5.41, 5.74) is 2.21. The van der Waals surface area contributed by atoms with Crippen LogP contribution in [0, 0.1) is 17.5 Å². The Bertz CT molecular complexity index is 947. The molecular formula is C23H20ClF3O. The van der Waals surface area contributed by atoms with Gasteiger partial charge in [-0.05, 0) is 52.9 Å². The number of hydrogen-bond donors (Lipinski definition) is 1. The second-order valence-electron chi connectivity index (χ2n) is 6.77. The van der Waals surface area contributed by atoms with Gasteiger partial charge in [0.25, 0.3) is 0 Å². The molecular weight excluding hydrogens is 385 g/mol. The molecule has 0 radical (unpaired) electrons. The molecule has 3 aromatic carbocycles. The van der Waals surface area contributed by atoms with Gasteiger partial charge in [-0.2, -0.15) is 0 Å². The van der Waals surface area contributed by atoms with E-state index in [2.05, 4.69) is 6.92 Å². The molecule has 0 saturated carbocycles. The fourth-order valence-corrected chi connectivity index (χ4v) is 3.33. The van der Waals surface area contributed by atoms with Crippen LogP contribution in [-0.2, 0) is 12.8 Å². The molecule has 1 nitrogen and oxygen atoms in total. The van der Waals surface area contributed by atoms with Crippen LogP contribution in [0.3, 0.4) is 0 Å². The maximum Gasteiger partial charge on any atom is 0.142 e. The van der Waals surface area contributed by atoms with E-state index in [1.807, 2.05) is 24.3 Å². The summed E-state index contributed by atoms with van der Waals surface area (Å²) < 4.78 is 42.7. The van der Waals surface area contributed by atoms with Crippen LogP contribution in [-0.4, -0.2) is 5.11 Å². The Labute approximate surface area is 167 Å². The van der Waals surface area contributed by atoms with Crippen molar-refractivity contribution in [1.82, 2.24) is 0 Å². The third-order valence-electron chi connectivity index (χ3n) is 4.65. The van der Waals surface area contributed by atoms with Crippen LogP contribution in [0.25, 0.3) is 11.1 Å². The van der Waals surface area contributed by atoms with Crippen molar-refractivity contribution in [3.63, 3.8) is 0 Å². The van der Waals surface area contributed by atoms with Gasteiger partial charge in [-0.15, -0.1) is 0 Å². The van der Waals surface area contributed by atoms with Crippen molar-refractivity contribution in [2.45, 2.75) is 32.3 Å². The van der Waals surface area contributed by atoms with Crippen molar-refractivity contribution in [1.29, 1.82) is 0 Å². The topological polar surface area (TPSA) is 20.2 Å². The molecule has 0 aromatic heterocycles. The molecule has 0 aliphatic rings. The van der Waals surface area contributed by atoms with E-state index >= 15 is 0 Å². The highest BCUT2D eigenvalue weighted by Gasteiger charge is 2.20. The lowest BCUT2D eigenvalue weighted by Crippen LogP contribution is -2.08. The first-order chi connectivity index (χ1) is 13.4. The van der Waals surface area contributed by atoms with Gasteiger partial charge in [-0.3, -0.25) is 0 Å². The van der Waals surface area contributed by atoms with E-state index in [1.165, 1.54) is 24.3 Å². The minimum absolute atomic E-state index is 0.0510. The van der Waals surface area contributed by atoms with E-state index in [0.717, 1.165) is 24.5 Å². The largest absolute Gasteiger partial charge is 0.388 e. The lowest BCUT2D eigenvalue weighted by Gasteiger charge is -2.15. The number of rotatable bonds is 6. The highest BCUT2D eigenvalue weighted by molar-refractivity contribution is 6.30. The smallest absolute Gasteiger partial charge is 0.142 e. The van der Waals surface area contributed by atoms with Gasteiger partial charge < -0.3 is 5.11 Å². The van der Waals surface area contributed by atoms with E-state index < -0.39 is 29.1 Å². The predicted octanol–water partition coefficient (Wildman–Crippen LogP) is 6.65. The van der Waals surface area contributed by atoms with Gasteiger partial charge in [0, 0.05) is 6.42 Å². The van der Waals surface area contributed by atoms with Gasteiger partial charge >= 0.3 is 0 Å². The maximum atomic E-state index is 14.6. The lowest BCUT2D eigenvalue weighted by molar-refractivity contribution is 0.168. The Balaban J connectivity index is 1.85. The zero-order valence-electron chi connectivity index (χ0n) is 15.4. The number of aryl methyl sites for hydroxylation is 1. The molecule has 1 atom stereocenters. The second-order valence-corrected chi connectivity index (χ2v) is 7.18.